The summed E-state index contributed by atoms with van der Waals surface area (Å²) in [7, 11) is 0. The fourth-order valence-electron chi connectivity index (χ4n) is 3.64. The number of carbonyl (C=O) groups is 3. The van der Waals surface area contributed by atoms with Gasteiger partial charge in [-0.05, 0) is 64.0 Å². The normalized spacial score (nSPS) is 11.9. The molecule has 0 aliphatic carbocycles. The van der Waals surface area contributed by atoms with Crippen molar-refractivity contribution in [3.05, 3.63) is 41.0 Å². The van der Waals surface area contributed by atoms with E-state index in [9.17, 15) is 19.5 Å². The Bertz CT molecular complexity index is 820. The zero-order valence-electron chi connectivity index (χ0n) is 22.3. The predicted molar refractivity (Wildman–Crippen MR) is 137 cm³/mol. The fraction of sp³-hybridized carbons (Fsp3) is 0.607. The number of aryl methyl sites for hydroxylation is 1. The summed E-state index contributed by atoms with van der Waals surface area (Å²) in [4.78, 5) is 37.5. The largest absolute Gasteiger partial charge is 0.464 e. The molecule has 0 radical (unpaired) electrons. The van der Waals surface area contributed by atoms with Gasteiger partial charge in [0, 0.05) is 6.61 Å². The van der Waals surface area contributed by atoms with Gasteiger partial charge in [0.2, 0.25) is 6.10 Å². The minimum Gasteiger partial charge on any atom is -0.464 e. The lowest BCUT2D eigenvalue weighted by atomic mass is 9.96. The highest BCUT2D eigenvalue weighted by atomic mass is 16.6. The van der Waals surface area contributed by atoms with Gasteiger partial charge in [-0.15, -0.1) is 0 Å². The Kier molecular flexibility index (Phi) is 14.7. The highest BCUT2D eigenvalue weighted by Gasteiger charge is 2.58. The number of benzene rings is 1. The Morgan fingerprint density at radius 2 is 1.39 bits per heavy atom. The lowest BCUT2D eigenvalue weighted by Gasteiger charge is -2.30. The number of aliphatic hydroxyl groups is 1. The molecule has 0 heterocycles. The van der Waals surface area contributed by atoms with Crippen molar-refractivity contribution in [2.45, 2.75) is 84.8 Å². The molecule has 1 rings (SSSR count). The Labute approximate surface area is 215 Å². The molecule has 0 aliphatic heterocycles. The van der Waals surface area contributed by atoms with Crippen molar-refractivity contribution in [2.24, 2.45) is 0 Å². The van der Waals surface area contributed by atoms with Gasteiger partial charge in [0.1, 0.15) is 0 Å². The molecule has 8 heteroatoms. The van der Waals surface area contributed by atoms with Crippen LogP contribution < -0.4 is 0 Å². The molecule has 8 nitrogen and oxygen atoms in total. The van der Waals surface area contributed by atoms with Crippen LogP contribution in [0.25, 0.3) is 6.08 Å². The Balaban J connectivity index is 2.72. The van der Waals surface area contributed by atoms with Gasteiger partial charge in [0.15, 0.2) is 0 Å². The smallest absolute Gasteiger partial charge is 0.353 e. The van der Waals surface area contributed by atoms with Crippen LogP contribution in [0, 0.1) is 0 Å². The molecule has 0 aromatic heterocycles. The van der Waals surface area contributed by atoms with Crippen molar-refractivity contribution in [1.82, 2.24) is 0 Å². The van der Waals surface area contributed by atoms with E-state index in [-0.39, 0.29) is 26.4 Å². The predicted octanol–water partition coefficient (Wildman–Crippen LogP) is 4.41. The quantitative estimate of drug-likeness (QED) is 0.143. The van der Waals surface area contributed by atoms with E-state index in [2.05, 4.69) is 44.2 Å². The first-order valence-corrected chi connectivity index (χ1v) is 12.9. The number of unbranched alkanes of at least 4 members (excludes halogenated alkanes) is 2. The second kappa shape index (κ2) is 16.9. The molecule has 1 aromatic carbocycles. The van der Waals surface area contributed by atoms with Gasteiger partial charge < -0.3 is 24.1 Å². The van der Waals surface area contributed by atoms with E-state index in [4.69, 9.17) is 18.9 Å². The Morgan fingerprint density at radius 1 is 0.833 bits per heavy atom. The molecule has 0 bridgehead atoms. The highest BCUT2D eigenvalue weighted by Crippen LogP contribution is 2.22. The molecule has 1 N–H and O–H groups in total. The summed E-state index contributed by atoms with van der Waals surface area (Å²) in [5.74, 6) is -3.67. The first-order valence-electron chi connectivity index (χ1n) is 12.9. The third-order valence-corrected chi connectivity index (χ3v) is 5.71. The molecule has 0 saturated carbocycles. The van der Waals surface area contributed by atoms with Crippen molar-refractivity contribution >= 4 is 24.0 Å². The number of rotatable bonds is 17. The first kappa shape index (κ1) is 31.3. The average Bonchev–Trinajstić information content (AvgIpc) is 2.87. The zero-order valence-corrected chi connectivity index (χ0v) is 22.3. The van der Waals surface area contributed by atoms with Gasteiger partial charge in [-0.25, -0.2) is 14.4 Å². The van der Waals surface area contributed by atoms with E-state index >= 15 is 0 Å². The van der Waals surface area contributed by atoms with Crippen molar-refractivity contribution in [2.75, 3.05) is 26.4 Å². The van der Waals surface area contributed by atoms with Gasteiger partial charge in [0.05, 0.1) is 19.8 Å². The summed E-state index contributed by atoms with van der Waals surface area (Å²) in [6.07, 6.45) is 5.54. The maximum Gasteiger partial charge on any atom is 0.353 e. The van der Waals surface area contributed by atoms with Crippen LogP contribution in [0.2, 0.25) is 0 Å². The van der Waals surface area contributed by atoms with E-state index in [1.54, 1.807) is 6.92 Å². The lowest BCUT2D eigenvalue weighted by molar-refractivity contribution is -0.208. The van der Waals surface area contributed by atoms with Crippen molar-refractivity contribution < 1.29 is 38.4 Å². The van der Waals surface area contributed by atoms with Crippen molar-refractivity contribution in [3.8, 4) is 0 Å². The van der Waals surface area contributed by atoms with E-state index in [0.717, 1.165) is 32.1 Å². The maximum atomic E-state index is 12.5. The van der Waals surface area contributed by atoms with Crippen LogP contribution in [0.5, 0.6) is 0 Å². The standard InChI is InChI=1S/C28H42O8/c1-6-21(7-2)20-23-17-15-22(16-18-23)14-12-11-13-19-36-24(25(29)33-8-3)28(32,26(30)34-9-4)27(31)35-10-5/h15-18,20,24,32H,6-14,19H2,1-5H3. The van der Waals surface area contributed by atoms with Gasteiger partial charge >= 0.3 is 17.9 Å². The molecule has 1 atom stereocenters. The summed E-state index contributed by atoms with van der Waals surface area (Å²) in [6, 6.07) is 8.50. The molecule has 1 aromatic rings. The molecule has 36 heavy (non-hydrogen) atoms. The van der Waals surface area contributed by atoms with Crippen LogP contribution in [0.3, 0.4) is 0 Å². The number of hydrogen-bond donors (Lipinski definition) is 1. The summed E-state index contributed by atoms with van der Waals surface area (Å²) in [5.41, 5.74) is 0.892. The maximum absolute atomic E-state index is 12.5. The number of allylic oxidation sites excluding steroid dienone is 1. The topological polar surface area (TPSA) is 108 Å². The monoisotopic (exact) mass is 506 g/mol. The zero-order chi connectivity index (χ0) is 27.0. The lowest BCUT2D eigenvalue weighted by Crippen LogP contribution is -2.61. The van der Waals surface area contributed by atoms with Gasteiger partial charge in [-0.3, -0.25) is 0 Å². The molecule has 0 fully saturated rings. The summed E-state index contributed by atoms with van der Waals surface area (Å²) >= 11 is 0. The molecular formula is C28H42O8. The van der Waals surface area contributed by atoms with E-state index in [1.165, 1.54) is 30.5 Å². The van der Waals surface area contributed by atoms with Crippen molar-refractivity contribution in [1.29, 1.82) is 0 Å². The fourth-order valence-corrected chi connectivity index (χ4v) is 3.64. The number of ether oxygens (including phenoxy) is 4. The van der Waals surface area contributed by atoms with Crippen molar-refractivity contribution in [3.63, 3.8) is 0 Å². The molecule has 0 saturated heterocycles. The summed E-state index contributed by atoms with van der Waals surface area (Å²) in [5, 5.41) is 10.9. The second-order valence-electron chi connectivity index (χ2n) is 8.27. The molecular weight excluding hydrogens is 464 g/mol. The van der Waals surface area contributed by atoms with Gasteiger partial charge in [0.25, 0.3) is 5.60 Å². The number of hydrogen-bond acceptors (Lipinski definition) is 8. The van der Waals surface area contributed by atoms with E-state index < -0.39 is 29.6 Å². The van der Waals surface area contributed by atoms with Crippen LogP contribution in [0.4, 0.5) is 0 Å². The van der Waals surface area contributed by atoms with Crippen LogP contribution >= 0.6 is 0 Å². The van der Waals surface area contributed by atoms with Gasteiger partial charge in [-0.1, -0.05) is 56.2 Å². The molecule has 202 valence electrons. The number of esters is 3. The molecule has 0 aliphatic rings. The SMILES string of the molecule is CCOC(=O)C(OCCCCCc1ccc(C=C(CC)CC)cc1)C(O)(C(=O)OCC)C(=O)OCC. The summed E-state index contributed by atoms with van der Waals surface area (Å²) < 4.78 is 20.2. The van der Waals surface area contributed by atoms with Gasteiger partial charge in [-0.2, -0.15) is 0 Å². The molecule has 0 spiro atoms. The molecule has 0 amide bonds. The second-order valence-corrected chi connectivity index (χ2v) is 8.27. The third kappa shape index (κ3) is 9.39. The summed E-state index contributed by atoms with van der Waals surface area (Å²) in [6.45, 7) is 8.73. The number of carbonyl (C=O) groups excluding carboxylic acids is 3. The minimum absolute atomic E-state index is 0.0206. The third-order valence-electron chi connectivity index (χ3n) is 5.71. The van der Waals surface area contributed by atoms with Crippen LogP contribution in [-0.2, 0) is 39.8 Å². The van der Waals surface area contributed by atoms with Crippen LogP contribution in [0.15, 0.2) is 29.8 Å². The molecule has 1 unspecified atom stereocenters. The van der Waals surface area contributed by atoms with Crippen LogP contribution in [0.1, 0.15) is 77.8 Å². The van der Waals surface area contributed by atoms with E-state index in [1.807, 2.05) is 0 Å². The average molecular weight is 507 g/mol. The minimum atomic E-state index is -2.95. The first-order chi connectivity index (χ1) is 17.3. The van der Waals surface area contributed by atoms with Crippen LogP contribution in [-0.4, -0.2) is 61.1 Å². The van der Waals surface area contributed by atoms with E-state index in [0.29, 0.717) is 6.42 Å². The highest BCUT2D eigenvalue weighted by molar-refractivity contribution is 6.08. The Hall–Kier alpha value is -2.71. The Morgan fingerprint density at radius 3 is 1.89 bits per heavy atom.